The third-order valence-electron chi connectivity index (χ3n) is 3.34. The van der Waals surface area contributed by atoms with E-state index in [0.717, 1.165) is 35.4 Å². The maximum Gasteiger partial charge on any atom is 0.123 e. The molecule has 0 radical (unpaired) electrons. The Balaban J connectivity index is 2.37. The SMILES string of the molecule is CCc1nn(Cc2cccc(F)c2)c(CC)c1CN. The molecule has 0 atom stereocenters. The number of hydrogen-bond donors (Lipinski definition) is 1. The van der Waals surface area contributed by atoms with Crippen LogP contribution in [-0.2, 0) is 25.9 Å². The maximum atomic E-state index is 13.2. The predicted molar refractivity (Wildman–Crippen MR) is 74.4 cm³/mol. The molecule has 1 aromatic heterocycles. The highest BCUT2D eigenvalue weighted by molar-refractivity contribution is 5.28. The Bertz CT molecular complexity index is 561. The lowest BCUT2D eigenvalue weighted by molar-refractivity contribution is 0.611. The molecule has 0 saturated carbocycles. The first-order valence-corrected chi connectivity index (χ1v) is 6.71. The van der Waals surface area contributed by atoms with Crippen molar-refractivity contribution in [3.63, 3.8) is 0 Å². The molecule has 0 spiro atoms. The van der Waals surface area contributed by atoms with Gasteiger partial charge >= 0.3 is 0 Å². The van der Waals surface area contributed by atoms with Crippen molar-refractivity contribution in [1.29, 1.82) is 0 Å². The molecule has 0 bridgehead atoms. The van der Waals surface area contributed by atoms with E-state index in [1.165, 1.54) is 6.07 Å². The van der Waals surface area contributed by atoms with Crippen LogP contribution in [0.2, 0.25) is 0 Å². The zero-order valence-electron chi connectivity index (χ0n) is 11.5. The fraction of sp³-hybridized carbons (Fsp3) is 0.400. The van der Waals surface area contributed by atoms with Gasteiger partial charge in [0.05, 0.1) is 12.2 Å². The summed E-state index contributed by atoms with van der Waals surface area (Å²) in [5.41, 5.74) is 10.1. The van der Waals surface area contributed by atoms with Gasteiger partial charge in [0, 0.05) is 17.8 Å². The lowest BCUT2D eigenvalue weighted by atomic mass is 10.1. The van der Waals surface area contributed by atoms with Crippen LogP contribution in [0.5, 0.6) is 0 Å². The summed E-state index contributed by atoms with van der Waals surface area (Å²) in [6, 6.07) is 6.65. The van der Waals surface area contributed by atoms with E-state index in [0.29, 0.717) is 13.1 Å². The lowest BCUT2D eigenvalue weighted by Crippen LogP contribution is -2.08. The highest BCUT2D eigenvalue weighted by Crippen LogP contribution is 2.17. The number of benzene rings is 1. The summed E-state index contributed by atoms with van der Waals surface area (Å²) in [6.07, 6.45) is 1.75. The molecule has 0 aliphatic heterocycles. The van der Waals surface area contributed by atoms with Crippen LogP contribution >= 0.6 is 0 Å². The van der Waals surface area contributed by atoms with Gasteiger partial charge in [0.25, 0.3) is 0 Å². The highest BCUT2D eigenvalue weighted by Gasteiger charge is 2.14. The minimum atomic E-state index is -0.211. The molecule has 4 heteroatoms. The Kier molecular flexibility index (Phi) is 4.32. The van der Waals surface area contributed by atoms with Gasteiger partial charge in [0.2, 0.25) is 0 Å². The monoisotopic (exact) mass is 261 g/mol. The standard InChI is InChI=1S/C15H20FN3/c1-3-14-13(9-17)15(4-2)19(18-14)10-11-6-5-7-12(16)8-11/h5-8H,3-4,9-10,17H2,1-2H3. The molecule has 2 rings (SSSR count). The molecule has 2 N–H and O–H groups in total. The van der Waals surface area contributed by atoms with Crippen LogP contribution in [0.3, 0.4) is 0 Å². The average molecular weight is 261 g/mol. The van der Waals surface area contributed by atoms with E-state index < -0.39 is 0 Å². The van der Waals surface area contributed by atoms with Gasteiger partial charge in [-0.25, -0.2) is 4.39 Å². The van der Waals surface area contributed by atoms with Gasteiger partial charge in [-0.1, -0.05) is 26.0 Å². The van der Waals surface area contributed by atoms with Crippen LogP contribution in [0, 0.1) is 5.82 Å². The van der Waals surface area contributed by atoms with Gasteiger partial charge in [0.15, 0.2) is 0 Å². The Morgan fingerprint density at radius 2 is 2.05 bits per heavy atom. The number of rotatable bonds is 5. The first-order chi connectivity index (χ1) is 9.19. The second-order valence-electron chi connectivity index (χ2n) is 4.57. The third-order valence-corrected chi connectivity index (χ3v) is 3.34. The minimum absolute atomic E-state index is 0.211. The lowest BCUT2D eigenvalue weighted by Gasteiger charge is -2.07. The van der Waals surface area contributed by atoms with E-state index in [1.807, 2.05) is 10.7 Å². The molecule has 0 saturated heterocycles. The first-order valence-electron chi connectivity index (χ1n) is 6.71. The fourth-order valence-corrected chi connectivity index (χ4v) is 2.44. The molecular weight excluding hydrogens is 241 g/mol. The predicted octanol–water partition coefficient (Wildman–Crippen LogP) is 2.65. The number of nitrogens with two attached hydrogens (primary N) is 1. The zero-order chi connectivity index (χ0) is 13.8. The van der Waals surface area contributed by atoms with Gasteiger partial charge in [-0.15, -0.1) is 0 Å². The van der Waals surface area contributed by atoms with Crippen molar-refractivity contribution in [3.8, 4) is 0 Å². The van der Waals surface area contributed by atoms with Gasteiger partial charge < -0.3 is 5.73 Å². The normalized spacial score (nSPS) is 10.9. The Labute approximate surface area is 113 Å². The summed E-state index contributed by atoms with van der Waals surface area (Å²) in [4.78, 5) is 0. The van der Waals surface area contributed by atoms with Crippen molar-refractivity contribution >= 4 is 0 Å². The van der Waals surface area contributed by atoms with E-state index in [-0.39, 0.29) is 5.82 Å². The molecule has 0 amide bonds. The zero-order valence-corrected chi connectivity index (χ0v) is 11.5. The van der Waals surface area contributed by atoms with Crippen molar-refractivity contribution in [2.75, 3.05) is 0 Å². The van der Waals surface area contributed by atoms with Crippen molar-refractivity contribution < 1.29 is 4.39 Å². The topological polar surface area (TPSA) is 43.8 Å². The Hall–Kier alpha value is -1.68. The van der Waals surface area contributed by atoms with E-state index in [2.05, 4.69) is 18.9 Å². The minimum Gasteiger partial charge on any atom is -0.326 e. The molecule has 0 aliphatic rings. The van der Waals surface area contributed by atoms with Crippen LogP contribution in [0.4, 0.5) is 4.39 Å². The second kappa shape index (κ2) is 5.97. The summed E-state index contributed by atoms with van der Waals surface area (Å²) in [5, 5.41) is 4.61. The molecule has 0 unspecified atom stereocenters. The van der Waals surface area contributed by atoms with Crippen molar-refractivity contribution in [2.24, 2.45) is 5.73 Å². The molecule has 0 aliphatic carbocycles. The van der Waals surface area contributed by atoms with Gasteiger partial charge in [-0.3, -0.25) is 4.68 Å². The van der Waals surface area contributed by atoms with Crippen molar-refractivity contribution in [3.05, 3.63) is 52.6 Å². The maximum absolute atomic E-state index is 13.2. The smallest absolute Gasteiger partial charge is 0.123 e. The Morgan fingerprint density at radius 1 is 1.26 bits per heavy atom. The largest absolute Gasteiger partial charge is 0.326 e. The van der Waals surface area contributed by atoms with Crippen LogP contribution in [-0.4, -0.2) is 9.78 Å². The molecule has 2 aromatic rings. The van der Waals surface area contributed by atoms with Gasteiger partial charge in [-0.2, -0.15) is 5.10 Å². The molecule has 0 fully saturated rings. The molecule has 102 valence electrons. The number of hydrogen-bond acceptors (Lipinski definition) is 2. The van der Waals surface area contributed by atoms with Crippen LogP contribution in [0.25, 0.3) is 0 Å². The summed E-state index contributed by atoms with van der Waals surface area (Å²) in [7, 11) is 0. The number of halogens is 1. The molecular formula is C15H20FN3. The van der Waals surface area contributed by atoms with E-state index in [9.17, 15) is 4.39 Å². The van der Waals surface area contributed by atoms with E-state index >= 15 is 0 Å². The van der Waals surface area contributed by atoms with E-state index in [4.69, 9.17) is 5.73 Å². The molecule has 19 heavy (non-hydrogen) atoms. The summed E-state index contributed by atoms with van der Waals surface area (Å²) in [6.45, 7) is 5.27. The van der Waals surface area contributed by atoms with E-state index in [1.54, 1.807) is 12.1 Å². The molecule has 1 heterocycles. The highest BCUT2D eigenvalue weighted by atomic mass is 19.1. The summed E-state index contributed by atoms with van der Waals surface area (Å²) in [5.74, 6) is -0.211. The molecule has 3 nitrogen and oxygen atoms in total. The summed E-state index contributed by atoms with van der Waals surface area (Å²) < 4.78 is 15.2. The average Bonchev–Trinajstić information content (AvgIpc) is 2.75. The quantitative estimate of drug-likeness (QED) is 0.899. The van der Waals surface area contributed by atoms with Gasteiger partial charge in [0.1, 0.15) is 5.82 Å². The van der Waals surface area contributed by atoms with Crippen molar-refractivity contribution in [1.82, 2.24) is 9.78 Å². The number of aryl methyl sites for hydroxylation is 1. The van der Waals surface area contributed by atoms with Crippen molar-refractivity contribution in [2.45, 2.75) is 39.8 Å². The number of nitrogens with zero attached hydrogens (tertiary/aromatic N) is 2. The Morgan fingerprint density at radius 3 is 2.63 bits per heavy atom. The third kappa shape index (κ3) is 2.84. The first kappa shape index (κ1) is 13.7. The number of aromatic nitrogens is 2. The van der Waals surface area contributed by atoms with Crippen LogP contribution in [0.15, 0.2) is 24.3 Å². The second-order valence-corrected chi connectivity index (χ2v) is 4.57. The van der Waals surface area contributed by atoms with Crippen LogP contribution < -0.4 is 5.73 Å². The van der Waals surface area contributed by atoms with Crippen LogP contribution in [0.1, 0.15) is 36.4 Å². The van der Waals surface area contributed by atoms with Gasteiger partial charge in [-0.05, 0) is 30.5 Å². The fourth-order valence-electron chi connectivity index (χ4n) is 2.44. The summed E-state index contributed by atoms with van der Waals surface area (Å²) >= 11 is 0. The molecule has 1 aromatic carbocycles.